The van der Waals surface area contributed by atoms with Crippen molar-refractivity contribution in [3.63, 3.8) is 0 Å². The van der Waals surface area contributed by atoms with Gasteiger partial charge in [-0.25, -0.2) is 9.31 Å². The predicted octanol–water partition coefficient (Wildman–Crippen LogP) is 1.40. The van der Waals surface area contributed by atoms with E-state index in [0.717, 1.165) is 11.2 Å². The van der Waals surface area contributed by atoms with Crippen molar-refractivity contribution in [3.05, 3.63) is 23.9 Å². The minimum absolute atomic E-state index is 0.312. The number of fused-ring (bicyclic) bond motifs is 1. The molecule has 1 unspecified atom stereocenters. The molecule has 1 atom stereocenters. The summed E-state index contributed by atoms with van der Waals surface area (Å²) in [4.78, 5) is 15.8. The summed E-state index contributed by atoms with van der Waals surface area (Å²) < 4.78 is 6.57. The van der Waals surface area contributed by atoms with Crippen molar-refractivity contribution in [1.29, 1.82) is 0 Å². The number of pyridine rings is 1. The van der Waals surface area contributed by atoms with Gasteiger partial charge in [-0.2, -0.15) is 4.98 Å². The van der Waals surface area contributed by atoms with Crippen LogP contribution in [0.2, 0.25) is 0 Å². The van der Waals surface area contributed by atoms with Crippen LogP contribution >= 0.6 is 0 Å². The summed E-state index contributed by atoms with van der Waals surface area (Å²) in [7, 11) is 0. The van der Waals surface area contributed by atoms with Crippen molar-refractivity contribution in [2.45, 2.75) is 26.8 Å². The average Bonchev–Trinajstić information content (AvgIpc) is 2.70. The van der Waals surface area contributed by atoms with E-state index in [-0.39, 0.29) is 5.97 Å². The third-order valence-corrected chi connectivity index (χ3v) is 2.48. The number of anilines is 1. The lowest BCUT2D eigenvalue weighted by molar-refractivity contribution is -0.143. The number of hydrogen-bond acceptors (Lipinski definition) is 5. The molecule has 0 amide bonds. The van der Waals surface area contributed by atoms with Gasteiger partial charge in [0, 0.05) is 6.20 Å². The Hall–Kier alpha value is -2.11. The Bertz CT molecular complexity index is 564. The van der Waals surface area contributed by atoms with Gasteiger partial charge < -0.3 is 10.1 Å². The average molecular weight is 248 g/mol. The van der Waals surface area contributed by atoms with Gasteiger partial charge in [-0.1, -0.05) is 0 Å². The zero-order chi connectivity index (χ0) is 13.1. The van der Waals surface area contributed by atoms with Gasteiger partial charge in [0.1, 0.15) is 6.04 Å². The standard InChI is InChI=1S/C12H16N4O2/c1-4-18-11(17)9(3)13-12-14-10-7-8(2)5-6-16(10)15-12/h5-7,9H,4H2,1-3H3,(H,13,15). The minimum Gasteiger partial charge on any atom is -0.464 e. The number of carbonyl (C=O) groups excluding carboxylic acids is 1. The zero-order valence-corrected chi connectivity index (χ0v) is 10.7. The van der Waals surface area contributed by atoms with Gasteiger partial charge in [0.05, 0.1) is 6.61 Å². The maximum Gasteiger partial charge on any atom is 0.328 e. The van der Waals surface area contributed by atoms with Crippen LogP contribution in [0.3, 0.4) is 0 Å². The molecule has 6 heteroatoms. The number of ether oxygens (including phenoxy) is 1. The van der Waals surface area contributed by atoms with Gasteiger partial charge in [0.2, 0.25) is 5.95 Å². The summed E-state index contributed by atoms with van der Waals surface area (Å²) in [5.74, 6) is 0.105. The van der Waals surface area contributed by atoms with Crippen molar-refractivity contribution in [2.75, 3.05) is 11.9 Å². The van der Waals surface area contributed by atoms with Crippen LogP contribution < -0.4 is 5.32 Å². The lowest BCUT2D eigenvalue weighted by Crippen LogP contribution is -2.28. The fourth-order valence-corrected chi connectivity index (χ4v) is 1.56. The first-order valence-electron chi connectivity index (χ1n) is 5.86. The van der Waals surface area contributed by atoms with Crippen molar-refractivity contribution >= 4 is 17.6 Å². The third kappa shape index (κ3) is 2.58. The summed E-state index contributed by atoms with van der Waals surface area (Å²) in [6.45, 7) is 5.84. The highest BCUT2D eigenvalue weighted by atomic mass is 16.5. The molecule has 0 bridgehead atoms. The Morgan fingerprint density at radius 2 is 2.39 bits per heavy atom. The van der Waals surface area contributed by atoms with Crippen LogP contribution in [0.25, 0.3) is 5.65 Å². The van der Waals surface area contributed by atoms with Crippen LogP contribution in [0.4, 0.5) is 5.95 Å². The molecule has 2 aromatic rings. The molecule has 18 heavy (non-hydrogen) atoms. The van der Waals surface area contributed by atoms with Crippen molar-refractivity contribution in [1.82, 2.24) is 14.6 Å². The number of nitrogens with zero attached hydrogens (tertiary/aromatic N) is 3. The maximum atomic E-state index is 11.5. The molecule has 1 N–H and O–H groups in total. The van der Waals surface area contributed by atoms with Crippen LogP contribution in [0.1, 0.15) is 19.4 Å². The van der Waals surface area contributed by atoms with E-state index in [2.05, 4.69) is 15.4 Å². The number of nitrogens with one attached hydrogen (secondary N) is 1. The summed E-state index contributed by atoms with van der Waals surface area (Å²) in [5, 5.41) is 7.14. The highest BCUT2D eigenvalue weighted by Crippen LogP contribution is 2.08. The predicted molar refractivity (Wildman–Crippen MR) is 67.4 cm³/mol. The molecule has 0 aliphatic carbocycles. The molecular formula is C12H16N4O2. The molecule has 2 aromatic heterocycles. The van der Waals surface area contributed by atoms with Crippen molar-refractivity contribution < 1.29 is 9.53 Å². The molecule has 0 aliphatic heterocycles. The van der Waals surface area contributed by atoms with E-state index in [9.17, 15) is 4.79 Å². The zero-order valence-electron chi connectivity index (χ0n) is 10.7. The Labute approximate surface area is 105 Å². The smallest absolute Gasteiger partial charge is 0.328 e. The largest absolute Gasteiger partial charge is 0.464 e. The second kappa shape index (κ2) is 5.03. The van der Waals surface area contributed by atoms with E-state index >= 15 is 0 Å². The molecule has 6 nitrogen and oxygen atoms in total. The summed E-state index contributed by atoms with van der Waals surface area (Å²) in [6, 6.07) is 3.40. The fraction of sp³-hybridized carbons (Fsp3) is 0.417. The second-order valence-electron chi connectivity index (χ2n) is 4.06. The minimum atomic E-state index is -0.469. The molecule has 0 radical (unpaired) electrons. The first-order chi connectivity index (χ1) is 8.60. The molecule has 0 aliphatic rings. The summed E-state index contributed by atoms with van der Waals surface area (Å²) in [5.41, 5.74) is 1.86. The first kappa shape index (κ1) is 12.3. The maximum absolute atomic E-state index is 11.5. The van der Waals surface area contributed by atoms with Gasteiger partial charge in [-0.15, -0.1) is 5.10 Å². The van der Waals surface area contributed by atoms with E-state index in [1.165, 1.54) is 0 Å². The quantitative estimate of drug-likeness (QED) is 0.828. The molecule has 0 aromatic carbocycles. The number of aryl methyl sites for hydroxylation is 1. The van der Waals surface area contributed by atoms with Gasteiger partial charge in [-0.05, 0) is 38.5 Å². The molecule has 2 heterocycles. The van der Waals surface area contributed by atoms with Crippen LogP contribution in [0.5, 0.6) is 0 Å². The van der Waals surface area contributed by atoms with E-state index in [4.69, 9.17) is 4.74 Å². The number of rotatable bonds is 4. The van der Waals surface area contributed by atoms with Gasteiger partial charge >= 0.3 is 5.97 Å². The highest BCUT2D eigenvalue weighted by molar-refractivity contribution is 5.78. The Morgan fingerprint density at radius 1 is 1.61 bits per heavy atom. The van der Waals surface area contributed by atoms with E-state index < -0.39 is 6.04 Å². The fourth-order valence-electron chi connectivity index (χ4n) is 1.56. The van der Waals surface area contributed by atoms with E-state index in [1.54, 1.807) is 18.4 Å². The molecule has 0 fully saturated rings. The van der Waals surface area contributed by atoms with E-state index in [1.807, 2.05) is 25.3 Å². The topological polar surface area (TPSA) is 68.5 Å². The van der Waals surface area contributed by atoms with Crippen molar-refractivity contribution in [3.8, 4) is 0 Å². The normalized spacial score (nSPS) is 12.4. The van der Waals surface area contributed by atoms with Crippen LogP contribution in [-0.2, 0) is 9.53 Å². The highest BCUT2D eigenvalue weighted by Gasteiger charge is 2.15. The lowest BCUT2D eigenvalue weighted by atomic mass is 10.3. The molecule has 0 saturated heterocycles. The Kier molecular flexibility index (Phi) is 3.45. The lowest BCUT2D eigenvalue weighted by Gasteiger charge is -2.10. The number of esters is 1. The molecule has 0 saturated carbocycles. The van der Waals surface area contributed by atoms with Gasteiger partial charge in [-0.3, -0.25) is 0 Å². The summed E-state index contributed by atoms with van der Waals surface area (Å²) >= 11 is 0. The number of hydrogen-bond donors (Lipinski definition) is 1. The van der Waals surface area contributed by atoms with Crippen molar-refractivity contribution in [2.24, 2.45) is 0 Å². The Morgan fingerprint density at radius 3 is 3.11 bits per heavy atom. The number of carbonyl (C=O) groups is 1. The van der Waals surface area contributed by atoms with Gasteiger partial charge in [0.25, 0.3) is 0 Å². The SMILES string of the molecule is CCOC(=O)C(C)Nc1nc2cc(C)ccn2n1. The molecular weight excluding hydrogens is 232 g/mol. The second-order valence-corrected chi connectivity index (χ2v) is 4.06. The van der Waals surface area contributed by atoms with Crippen LogP contribution in [0.15, 0.2) is 18.3 Å². The van der Waals surface area contributed by atoms with E-state index in [0.29, 0.717) is 12.6 Å². The molecule has 2 rings (SSSR count). The monoisotopic (exact) mass is 248 g/mol. The van der Waals surface area contributed by atoms with Gasteiger partial charge in [0.15, 0.2) is 5.65 Å². The Balaban J connectivity index is 2.14. The van der Waals surface area contributed by atoms with Crippen LogP contribution in [-0.4, -0.2) is 33.2 Å². The number of aromatic nitrogens is 3. The third-order valence-electron chi connectivity index (χ3n) is 2.48. The molecule has 0 spiro atoms. The summed E-state index contributed by atoms with van der Waals surface area (Å²) in [6.07, 6.45) is 1.83. The first-order valence-corrected chi connectivity index (χ1v) is 5.86. The van der Waals surface area contributed by atoms with Crippen LogP contribution in [0, 0.1) is 6.92 Å². The molecule has 96 valence electrons.